The maximum absolute atomic E-state index is 13.2. The van der Waals surface area contributed by atoms with Crippen molar-refractivity contribution in [2.75, 3.05) is 13.1 Å². The maximum Gasteiger partial charge on any atom is 0.270 e. The van der Waals surface area contributed by atoms with Gasteiger partial charge in [-0.1, -0.05) is 18.2 Å². The summed E-state index contributed by atoms with van der Waals surface area (Å²) in [5.74, 6) is 0.327. The molecule has 2 aromatic carbocycles. The molecule has 1 N–H and O–H groups in total. The summed E-state index contributed by atoms with van der Waals surface area (Å²) >= 11 is 0. The SMILES string of the molecule is CCn1c(C(C)NC(=O)C2CCN(S(=O)(=O)c3cc([N+](=O)[O-])ccc3C)CC2)nc2ccccc21. The summed E-state index contributed by atoms with van der Waals surface area (Å²) < 4.78 is 29.7. The lowest BCUT2D eigenvalue weighted by Gasteiger charge is -2.31. The van der Waals surface area contributed by atoms with Crippen LogP contribution in [0, 0.1) is 23.0 Å². The fraction of sp³-hybridized carbons (Fsp3) is 0.417. The van der Waals surface area contributed by atoms with Crippen LogP contribution in [0.3, 0.4) is 0 Å². The van der Waals surface area contributed by atoms with E-state index < -0.39 is 14.9 Å². The van der Waals surface area contributed by atoms with E-state index in [0.29, 0.717) is 18.4 Å². The van der Waals surface area contributed by atoms with Crippen molar-refractivity contribution in [3.63, 3.8) is 0 Å². The predicted octanol–water partition coefficient (Wildman–Crippen LogP) is 3.55. The fourth-order valence-electron chi connectivity index (χ4n) is 4.63. The number of nitro benzene ring substituents is 1. The second kappa shape index (κ2) is 9.74. The van der Waals surface area contributed by atoms with Crippen LogP contribution in [-0.4, -0.2) is 46.2 Å². The van der Waals surface area contributed by atoms with Gasteiger partial charge in [-0.2, -0.15) is 4.31 Å². The number of piperidine rings is 1. The van der Waals surface area contributed by atoms with E-state index in [1.165, 1.54) is 16.4 Å². The molecule has 0 aliphatic carbocycles. The summed E-state index contributed by atoms with van der Waals surface area (Å²) in [7, 11) is -3.90. The molecular weight excluding hydrogens is 470 g/mol. The van der Waals surface area contributed by atoms with Crippen LogP contribution in [0.25, 0.3) is 11.0 Å². The van der Waals surface area contributed by atoms with Crippen LogP contribution in [0.5, 0.6) is 0 Å². The van der Waals surface area contributed by atoms with Gasteiger partial charge < -0.3 is 9.88 Å². The van der Waals surface area contributed by atoms with Crippen molar-refractivity contribution in [3.05, 3.63) is 64.0 Å². The number of nitrogens with one attached hydrogen (secondary N) is 1. The Labute approximate surface area is 204 Å². The number of para-hydroxylation sites is 2. The van der Waals surface area contributed by atoms with E-state index in [1.807, 2.05) is 38.1 Å². The number of carbonyl (C=O) groups excluding carboxylic acids is 1. The minimum absolute atomic E-state index is 0.0679. The molecule has 1 amide bonds. The molecule has 10 nitrogen and oxygen atoms in total. The molecule has 1 aliphatic heterocycles. The van der Waals surface area contributed by atoms with E-state index in [2.05, 4.69) is 9.88 Å². The number of imidazole rings is 1. The first kappa shape index (κ1) is 24.8. The van der Waals surface area contributed by atoms with Gasteiger partial charge in [-0.3, -0.25) is 14.9 Å². The van der Waals surface area contributed by atoms with Crippen LogP contribution in [0.4, 0.5) is 5.69 Å². The molecule has 0 radical (unpaired) electrons. The number of rotatable bonds is 7. The Bertz CT molecular complexity index is 1380. The third-order valence-electron chi connectivity index (χ3n) is 6.57. The number of aromatic nitrogens is 2. The minimum atomic E-state index is -3.90. The number of nitro groups is 1. The molecule has 0 saturated carbocycles. The number of fused-ring (bicyclic) bond motifs is 1. The standard InChI is InChI=1S/C24H29N5O5S/c1-4-28-21-8-6-5-7-20(21)26-23(28)17(3)25-24(30)18-11-13-27(14-12-18)35(33,34)22-15-19(29(31)32)10-9-16(22)2/h5-10,15,17-18H,4,11-14H2,1-3H3,(H,25,30). The maximum atomic E-state index is 13.2. The fourth-order valence-corrected chi connectivity index (χ4v) is 6.34. The Hall–Kier alpha value is -3.31. The summed E-state index contributed by atoms with van der Waals surface area (Å²) in [5, 5.41) is 14.2. The van der Waals surface area contributed by atoms with Crippen molar-refractivity contribution < 1.29 is 18.1 Å². The Morgan fingerprint density at radius 2 is 1.91 bits per heavy atom. The van der Waals surface area contributed by atoms with Crippen LogP contribution in [-0.2, 0) is 21.4 Å². The van der Waals surface area contributed by atoms with Crippen molar-refractivity contribution in [2.24, 2.45) is 5.92 Å². The van der Waals surface area contributed by atoms with Gasteiger partial charge in [0.15, 0.2) is 0 Å². The number of non-ortho nitro benzene ring substituents is 1. The molecule has 11 heteroatoms. The lowest BCUT2D eigenvalue weighted by Crippen LogP contribution is -2.43. The normalized spacial score (nSPS) is 16.3. The number of amides is 1. The van der Waals surface area contributed by atoms with Gasteiger partial charge in [-0.05, 0) is 51.3 Å². The lowest BCUT2D eigenvalue weighted by atomic mass is 9.97. The van der Waals surface area contributed by atoms with Gasteiger partial charge >= 0.3 is 0 Å². The highest BCUT2D eigenvalue weighted by Crippen LogP contribution is 2.29. The van der Waals surface area contributed by atoms with Gasteiger partial charge in [0.05, 0.1) is 26.9 Å². The molecule has 4 rings (SSSR count). The van der Waals surface area contributed by atoms with Crippen LogP contribution in [0.2, 0.25) is 0 Å². The number of aryl methyl sites for hydroxylation is 2. The second-order valence-electron chi connectivity index (χ2n) is 8.82. The van der Waals surface area contributed by atoms with Gasteiger partial charge in [0.2, 0.25) is 15.9 Å². The molecule has 0 bridgehead atoms. The van der Waals surface area contributed by atoms with E-state index in [1.54, 1.807) is 6.92 Å². The smallest absolute Gasteiger partial charge is 0.270 e. The van der Waals surface area contributed by atoms with E-state index in [4.69, 9.17) is 4.98 Å². The Kier molecular flexibility index (Phi) is 6.91. The molecular formula is C24H29N5O5S. The largest absolute Gasteiger partial charge is 0.346 e. The topological polar surface area (TPSA) is 127 Å². The molecule has 1 fully saturated rings. The van der Waals surface area contributed by atoms with Crippen molar-refractivity contribution in [3.8, 4) is 0 Å². The van der Waals surface area contributed by atoms with Crippen LogP contribution in [0.15, 0.2) is 47.4 Å². The molecule has 0 spiro atoms. The number of hydrogen-bond acceptors (Lipinski definition) is 6. The molecule has 1 saturated heterocycles. The van der Waals surface area contributed by atoms with Gasteiger partial charge in [0, 0.05) is 37.7 Å². The number of hydrogen-bond donors (Lipinski definition) is 1. The Balaban J connectivity index is 1.43. The zero-order chi connectivity index (χ0) is 25.3. The molecule has 2 heterocycles. The number of sulfonamides is 1. The van der Waals surface area contributed by atoms with Crippen molar-refractivity contribution in [1.29, 1.82) is 0 Å². The minimum Gasteiger partial charge on any atom is -0.346 e. The van der Waals surface area contributed by atoms with Crippen molar-refractivity contribution >= 4 is 32.7 Å². The summed E-state index contributed by atoms with van der Waals surface area (Å²) in [5.41, 5.74) is 2.07. The summed E-state index contributed by atoms with van der Waals surface area (Å²) in [6.45, 7) is 6.61. The lowest BCUT2D eigenvalue weighted by molar-refractivity contribution is -0.385. The van der Waals surface area contributed by atoms with Gasteiger partial charge in [-0.15, -0.1) is 0 Å². The molecule has 3 aromatic rings. The van der Waals surface area contributed by atoms with Crippen molar-refractivity contribution in [2.45, 2.75) is 51.1 Å². The number of benzene rings is 2. The van der Waals surface area contributed by atoms with E-state index in [9.17, 15) is 23.3 Å². The third kappa shape index (κ3) is 4.78. The highest BCUT2D eigenvalue weighted by atomic mass is 32.2. The van der Waals surface area contributed by atoms with E-state index >= 15 is 0 Å². The zero-order valence-electron chi connectivity index (χ0n) is 20.0. The monoisotopic (exact) mass is 499 g/mol. The molecule has 1 unspecified atom stereocenters. The second-order valence-corrected chi connectivity index (χ2v) is 10.7. The quantitative estimate of drug-likeness (QED) is 0.391. The average Bonchev–Trinajstić information content (AvgIpc) is 3.23. The molecule has 35 heavy (non-hydrogen) atoms. The third-order valence-corrected chi connectivity index (χ3v) is 8.61. The Morgan fingerprint density at radius 3 is 2.57 bits per heavy atom. The van der Waals surface area contributed by atoms with Crippen molar-refractivity contribution in [1.82, 2.24) is 19.2 Å². The highest BCUT2D eigenvalue weighted by Gasteiger charge is 2.34. The number of carbonyl (C=O) groups is 1. The van der Waals surface area contributed by atoms with Gasteiger partial charge in [0.1, 0.15) is 5.82 Å². The van der Waals surface area contributed by atoms with Crippen LogP contribution >= 0.6 is 0 Å². The predicted molar refractivity (Wildman–Crippen MR) is 131 cm³/mol. The Morgan fingerprint density at radius 1 is 1.23 bits per heavy atom. The number of nitrogens with zero attached hydrogens (tertiary/aromatic N) is 4. The average molecular weight is 500 g/mol. The van der Waals surface area contributed by atoms with Gasteiger partial charge in [0.25, 0.3) is 5.69 Å². The van der Waals surface area contributed by atoms with E-state index in [0.717, 1.165) is 29.5 Å². The summed E-state index contributed by atoms with van der Waals surface area (Å²) in [4.78, 5) is 28.1. The molecule has 1 atom stereocenters. The summed E-state index contributed by atoms with van der Waals surface area (Å²) in [6, 6.07) is 11.4. The van der Waals surface area contributed by atoms with Gasteiger partial charge in [-0.25, -0.2) is 13.4 Å². The van der Waals surface area contributed by atoms with Crippen LogP contribution < -0.4 is 5.32 Å². The first-order chi connectivity index (χ1) is 16.6. The summed E-state index contributed by atoms with van der Waals surface area (Å²) in [6.07, 6.45) is 0.742. The first-order valence-electron chi connectivity index (χ1n) is 11.6. The first-order valence-corrected chi connectivity index (χ1v) is 13.1. The molecule has 186 valence electrons. The molecule has 1 aromatic heterocycles. The van der Waals surface area contributed by atoms with E-state index in [-0.39, 0.29) is 41.5 Å². The van der Waals surface area contributed by atoms with Crippen LogP contribution in [0.1, 0.15) is 44.1 Å². The highest BCUT2D eigenvalue weighted by molar-refractivity contribution is 7.89. The molecule has 1 aliphatic rings. The zero-order valence-corrected chi connectivity index (χ0v) is 20.8.